The van der Waals surface area contributed by atoms with Crippen LogP contribution in [0, 0.1) is 11.3 Å². The van der Waals surface area contributed by atoms with Gasteiger partial charge >= 0.3 is 12.4 Å². The molecule has 2 nitrogen and oxygen atoms in total. The highest BCUT2D eigenvalue weighted by Gasteiger charge is 2.41. The van der Waals surface area contributed by atoms with Gasteiger partial charge in [0.15, 0.2) is 0 Å². The third kappa shape index (κ3) is 4.78. The summed E-state index contributed by atoms with van der Waals surface area (Å²) in [4.78, 5) is 0. The van der Waals surface area contributed by atoms with Crippen LogP contribution in [0.1, 0.15) is 42.4 Å². The largest absolute Gasteiger partial charge is 0.416 e. The molecule has 1 saturated heterocycles. The maximum atomic E-state index is 13.0. The average Bonchev–Trinajstić information content (AvgIpc) is 3.25. The molecule has 150 valence electrons. The number of alkyl halides is 6. The molecule has 8 heteroatoms. The highest BCUT2D eigenvalue weighted by atomic mass is 19.4. The molecule has 0 amide bonds. The second-order valence-corrected chi connectivity index (χ2v) is 7.60. The van der Waals surface area contributed by atoms with Crippen LogP contribution >= 0.6 is 0 Å². The lowest BCUT2D eigenvalue weighted by Gasteiger charge is -2.32. The molecule has 1 aromatic rings. The van der Waals surface area contributed by atoms with Gasteiger partial charge in [-0.3, -0.25) is 0 Å². The normalized spacial score (nSPS) is 23.5. The maximum Gasteiger partial charge on any atom is 0.416 e. The Balaban J connectivity index is 1.77. The summed E-state index contributed by atoms with van der Waals surface area (Å²) in [5.74, 6) is 0.633. The zero-order valence-electron chi connectivity index (χ0n) is 14.7. The van der Waals surface area contributed by atoms with Crippen molar-refractivity contribution < 1.29 is 26.3 Å². The number of hydrogen-bond acceptors (Lipinski definition) is 2. The van der Waals surface area contributed by atoms with Crippen molar-refractivity contribution in [2.75, 3.05) is 13.1 Å². The third-order valence-corrected chi connectivity index (χ3v) is 5.41. The Morgan fingerprint density at radius 2 is 1.67 bits per heavy atom. The van der Waals surface area contributed by atoms with Crippen molar-refractivity contribution in [2.45, 2.75) is 44.6 Å². The van der Waals surface area contributed by atoms with Gasteiger partial charge in [-0.05, 0) is 49.1 Å². The van der Waals surface area contributed by atoms with E-state index in [9.17, 15) is 26.3 Å². The van der Waals surface area contributed by atoms with E-state index in [0.29, 0.717) is 11.6 Å². The molecule has 1 atom stereocenters. The van der Waals surface area contributed by atoms with Gasteiger partial charge in [0, 0.05) is 24.2 Å². The topological polar surface area (TPSA) is 24.1 Å². The molecule has 0 bridgehead atoms. The lowest BCUT2D eigenvalue weighted by Crippen LogP contribution is -2.33. The second kappa shape index (κ2) is 7.04. The van der Waals surface area contributed by atoms with Gasteiger partial charge in [0.2, 0.25) is 0 Å². The van der Waals surface area contributed by atoms with Crippen LogP contribution in [0.25, 0.3) is 0 Å². The Morgan fingerprint density at radius 1 is 1.07 bits per heavy atom. The smallest absolute Gasteiger partial charge is 0.384 e. The van der Waals surface area contributed by atoms with Crippen LogP contribution in [0.5, 0.6) is 0 Å². The summed E-state index contributed by atoms with van der Waals surface area (Å²) in [6, 6.07) is 1.67. The fourth-order valence-corrected chi connectivity index (χ4v) is 3.69. The molecule has 1 aliphatic carbocycles. The minimum Gasteiger partial charge on any atom is -0.384 e. The predicted molar refractivity (Wildman–Crippen MR) is 89.7 cm³/mol. The van der Waals surface area contributed by atoms with Gasteiger partial charge in [-0.1, -0.05) is 19.4 Å². The van der Waals surface area contributed by atoms with E-state index < -0.39 is 23.5 Å². The summed E-state index contributed by atoms with van der Waals surface area (Å²) >= 11 is 0. The first-order chi connectivity index (χ1) is 12.5. The lowest BCUT2D eigenvalue weighted by atomic mass is 9.79. The number of hydrogen-bond donors (Lipinski definition) is 2. The standard InChI is InChI=1S/C19H22F6N2/c1-12(17(4-5-26-11-17)9-13-2-3-13)27-10-14-6-15(18(20,21)22)8-16(7-14)19(23,24)25/h6-8,13,26-27H,1-5,9-11H2. The quantitative estimate of drug-likeness (QED) is 0.658. The minimum atomic E-state index is -4.84. The molecule has 0 radical (unpaired) electrons. The highest BCUT2D eigenvalue weighted by molar-refractivity contribution is 5.34. The molecule has 2 aliphatic rings. The third-order valence-electron chi connectivity index (χ3n) is 5.41. The lowest BCUT2D eigenvalue weighted by molar-refractivity contribution is -0.143. The van der Waals surface area contributed by atoms with Crippen LogP contribution in [0.4, 0.5) is 26.3 Å². The molecule has 3 rings (SSSR count). The van der Waals surface area contributed by atoms with E-state index in [4.69, 9.17) is 0 Å². The molecule has 1 saturated carbocycles. The fraction of sp³-hybridized carbons (Fsp3) is 0.579. The first-order valence-corrected chi connectivity index (χ1v) is 8.92. The number of nitrogens with one attached hydrogen (secondary N) is 2. The molecule has 1 aliphatic heterocycles. The molecule has 2 N–H and O–H groups in total. The Labute approximate surface area is 154 Å². The summed E-state index contributed by atoms with van der Waals surface area (Å²) in [6.45, 7) is 5.48. The summed E-state index contributed by atoms with van der Waals surface area (Å²) in [5.41, 5.74) is -2.16. The van der Waals surface area contributed by atoms with Crippen LogP contribution in [-0.2, 0) is 18.9 Å². The SMILES string of the molecule is C=C(NCc1cc(C(F)(F)F)cc(C(F)(F)F)c1)C1(CC2CC2)CCNC1. The number of benzene rings is 1. The molecular formula is C19H22F6N2. The first-order valence-electron chi connectivity index (χ1n) is 8.92. The zero-order valence-corrected chi connectivity index (χ0v) is 14.7. The Kier molecular flexibility index (Phi) is 5.22. The minimum absolute atomic E-state index is 0.0640. The summed E-state index contributed by atoms with van der Waals surface area (Å²) in [5, 5.41) is 6.29. The van der Waals surface area contributed by atoms with Crippen molar-refractivity contribution in [3.8, 4) is 0 Å². The Bertz CT molecular complexity index is 665. The first kappa shape index (κ1) is 20.0. The summed E-state index contributed by atoms with van der Waals surface area (Å²) in [6.07, 6.45) is -5.53. The second-order valence-electron chi connectivity index (χ2n) is 7.60. The van der Waals surface area contributed by atoms with Crippen LogP contribution in [0.2, 0.25) is 0 Å². The van der Waals surface area contributed by atoms with Gasteiger partial charge in [-0.2, -0.15) is 26.3 Å². The monoisotopic (exact) mass is 392 g/mol. The van der Waals surface area contributed by atoms with Crippen LogP contribution in [0.3, 0.4) is 0 Å². The van der Waals surface area contributed by atoms with Crippen molar-refractivity contribution in [3.63, 3.8) is 0 Å². The molecule has 1 heterocycles. The van der Waals surface area contributed by atoms with E-state index >= 15 is 0 Å². The summed E-state index contributed by atoms with van der Waals surface area (Å²) in [7, 11) is 0. The van der Waals surface area contributed by atoms with Crippen LogP contribution in [0.15, 0.2) is 30.5 Å². The highest BCUT2D eigenvalue weighted by Crippen LogP contribution is 2.46. The van der Waals surface area contributed by atoms with Crippen molar-refractivity contribution in [1.29, 1.82) is 0 Å². The zero-order chi connectivity index (χ0) is 19.9. The van der Waals surface area contributed by atoms with E-state index in [1.165, 1.54) is 0 Å². The van der Waals surface area contributed by atoms with Crippen molar-refractivity contribution in [2.24, 2.45) is 11.3 Å². The van der Waals surface area contributed by atoms with Crippen molar-refractivity contribution in [3.05, 3.63) is 47.2 Å². The average molecular weight is 392 g/mol. The predicted octanol–water partition coefficient (Wildman–Crippen LogP) is 5.11. The van der Waals surface area contributed by atoms with E-state index in [1.807, 2.05) is 0 Å². The van der Waals surface area contributed by atoms with E-state index in [1.54, 1.807) is 0 Å². The van der Waals surface area contributed by atoms with Crippen LogP contribution in [-0.4, -0.2) is 13.1 Å². The fourth-order valence-electron chi connectivity index (χ4n) is 3.69. The van der Waals surface area contributed by atoms with Gasteiger partial charge in [-0.25, -0.2) is 0 Å². The molecule has 27 heavy (non-hydrogen) atoms. The van der Waals surface area contributed by atoms with Gasteiger partial charge in [0.05, 0.1) is 11.1 Å². The van der Waals surface area contributed by atoms with Crippen LogP contribution < -0.4 is 10.6 Å². The van der Waals surface area contributed by atoms with E-state index in [2.05, 4.69) is 17.2 Å². The molecular weight excluding hydrogens is 370 g/mol. The van der Waals surface area contributed by atoms with Crippen molar-refractivity contribution in [1.82, 2.24) is 10.6 Å². The summed E-state index contributed by atoms with van der Waals surface area (Å²) < 4.78 is 77.9. The van der Waals surface area contributed by atoms with Gasteiger partial charge in [0.25, 0.3) is 0 Å². The van der Waals surface area contributed by atoms with Gasteiger partial charge in [-0.15, -0.1) is 0 Å². The molecule has 1 unspecified atom stereocenters. The molecule has 2 fully saturated rings. The van der Waals surface area contributed by atoms with Gasteiger partial charge < -0.3 is 10.6 Å². The van der Waals surface area contributed by atoms with E-state index in [0.717, 1.165) is 50.9 Å². The molecule has 0 aromatic heterocycles. The number of halogens is 6. The van der Waals surface area contributed by atoms with Crippen molar-refractivity contribution >= 4 is 0 Å². The molecule has 1 aromatic carbocycles. The Morgan fingerprint density at radius 3 is 2.11 bits per heavy atom. The maximum absolute atomic E-state index is 13.0. The molecule has 0 spiro atoms. The number of rotatable bonds is 6. The Hall–Kier alpha value is -1.70. The van der Waals surface area contributed by atoms with E-state index in [-0.39, 0.29) is 23.6 Å². The van der Waals surface area contributed by atoms with Gasteiger partial charge in [0.1, 0.15) is 0 Å².